The van der Waals surface area contributed by atoms with Crippen molar-refractivity contribution in [3.05, 3.63) is 29.3 Å². The molecule has 1 saturated carbocycles. The summed E-state index contributed by atoms with van der Waals surface area (Å²) in [5, 5.41) is 3.48. The predicted octanol–water partition coefficient (Wildman–Crippen LogP) is 2.29. The Hall–Kier alpha value is -1.55. The van der Waals surface area contributed by atoms with Crippen LogP contribution in [-0.4, -0.2) is 43.7 Å². The summed E-state index contributed by atoms with van der Waals surface area (Å²) in [6.45, 7) is 5.79. The number of rotatable bonds is 4. The monoisotopic (exact) mass is 274 g/mol. The molecular formula is C16H22N2O2. The zero-order chi connectivity index (χ0) is 13.9. The van der Waals surface area contributed by atoms with Gasteiger partial charge in [-0.2, -0.15) is 0 Å². The van der Waals surface area contributed by atoms with Crippen LogP contribution in [0.5, 0.6) is 0 Å². The van der Waals surface area contributed by atoms with Gasteiger partial charge in [0, 0.05) is 30.9 Å². The molecule has 1 saturated heterocycles. The fourth-order valence-electron chi connectivity index (χ4n) is 2.52. The van der Waals surface area contributed by atoms with Crippen LogP contribution >= 0.6 is 0 Å². The number of hydrogen-bond donors (Lipinski definition) is 1. The highest BCUT2D eigenvalue weighted by Crippen LogP contribution is 2.29. The van der Waals surface area contributed by atoms with E-state index in [4.69, 9.17) is 4.74 Å². The van der Waals surface area contributed by atoms with Gasteiger partial charge in [-0.05, 0) is 49.4 Å². The molecule has 1 aliphatic heterocycles. The van der Waals surface area contributed by atoms with Gasteiger partial charge in [0.1, 0.15) is 0 Å². The third-order valence-electron chi connectivity index (χ3n) is 4.05. The molecule has 4 heteroatoms. The molecule has 0 atom stereocenters. The van der Waals surface area contributed by atoms with Gasteiger partial charge < -0.3 is 15.0 Å². The second-order valence-electron chi connectivity index (χ2n) is 5.76. The number of amides is 1. The molecule has 1 amide bonds. The highest BCUT2D eigenvalue weighted by atomic mass is 16.5. The summed E-state index contributed by atoms with van der Waals surface area (Å²) in [4.78, 5) is 14.3. The van der Waals surface area contributed by atoms with Gasteiger partial charge in [-0.15, -0.1) is 0 Å². The molecule has 3 rings (SSSR count). The second-order valence-corrected chi connectivity index (χ2v) is 5.76. The van der Waals surface area contributed by atoms with Crippen molar-refractivity contribution in [1.29, 1.82) is 0 Å². The molecule has 1 aromatic carbocycles. The van der Waals surface area contributed by atoms with E-state index in [0.29, 0.717) is 26.3 Å². The Morgan fingerprint density at radius 2 is 2.10 bits per heavy atom. The van der Waals surface area contributed by atoms with Crippen LogP contribution < -0.4 is 5.32 Å². The summed E-state index contributed by atoms with van der Waals surface area (Å²) in [7, 11) is 0. The molecule has 108 valence electrons. The molecule has 0 unspecified atom stereocenters. The molecule has 1 aromatic rings. The van der Waals surface area contributed by atoms with Crippen LogP contribution in [0.25, 0.3) is 0 Å². The van der Waals surface area contributed by atoms with Gasteiger partial charge >= 0.3 is 0 Å². The number of benzene rings is 1. The summed E-state index contributed by atoms with van der Waals surface area (Å²) in [6.07, 6.45) is 2.69. The minimum Gasteiger partial charge on any atom is -0.385 e. The van der Waals surface area contributed by atoms with Gasteiger partial charge in [-0.25, -0.2) is 0 Å². The Bertz CT molecular complexity index is 491. The van der Waals surface area contributed by atoms with E-state index >= 15 is 0 Å². The summed E-state index contributed by atoms with van der Waals surface area (Å²) in [5.41, 5.74) is 3.07. The molecular weight excluding hydrogens is 252 g/mol. The molecule has 2 fully saturated rings. The minimum absolute atomic E-state index is 0.116. The summed E-state index contributed by atoms with van der Waals surface area (Å²) < 4.78 is 5.28. The fraction of sp³-hybridized carbons (Fsp3) is 0.562. The number of ether oxygens (including phenoxy) is 1. The van der Waals surface area contributed by atoms with E-state index in [9.17, 15) is 4.79 Å². The van der Waals surface area contributed by atoms with Crippen molar-refractivity contribution < 1.29 is 9.53 Å². The Morgan fingerprint density at radius 3 is 2.75 bits per heavy atom. The van der Waals surface area contributed by atoms with E-state index in [0.717, 1.165) is 29.3 Å². The Morgan fingerprint density at radius 1 is 1.35 bits per heavy atom. The number of anilines is 1. The molecule has 0 radical (unpaired) electrons. The highest BCUT2D eigenvalue weighted by Gasteiger charge is 2.21. The lowest BCUT2D eigenvalue weighted by atomic mass is 10.1. The van der Waals surface area contributed by atoms with Crippen molar-refractivity contribution in [3.8, 4) is 0 Å². The fourth-order valence-corrected chi connectivity index (χ4v) is 2.52. The maximum atomic E-state index is 12.4. The van der Waals surface area contributed by atoms with E-state index in [-0.39, 0.29) is 5.91 Å². The Labute approximate surface area is 120 Å². The standard InChI is InChI=1S/C16H22N2O2/c1-12-10-14(16(19)18-6-8-20-9-7-18)4-5-15(12)17-11-13-2-3-13/h4-5,10,13,17H,2-3,6-9,11H2,1H3. The van der Waals surface area contributed by atoms with Crippen molar-refractivity contribution in [2.45, 2.75) is 19.8 Å². The first-order valence-electron chi connectivity index (χ1n) is 7.45. The van der Waals surface area contributed by atoms with Crippen molar-refractivity contribution >= 4 is 11.6 Å². The summed E-state index contributed by atoms with van der Waals surface area (Å²) in [5.74, 6) is 0.967. The number of carbonyl (C=O) groups is 1. The number of carbonyl (C=O) groups excluding carboxylic acids is 1. The number of hydrogen-bond acceptors (Lipinski definition) is 3. The summed E-state index contributed by atoms with van der Waals surface area (Å²) in [6, 6.07) is 5.96. The minimum atomic E-state index is 0.116. The van der Waals surface area contributed by atoms with Crippen LogP contribution in [0.4, 0.5) is 5.69 Å². The molecule has 1 heterocycles. The lowest BCUT2D eigenvalue weighted by Gasteiger charge is -2.27. The maximum absolute atomic E-state index is 12.4. The van der Waals surface area contributed by atoms with Crippen LogP contribution in [0.3, 0.4) is 0 Å². The number of morpholine rings is 1. The molecule has 0 bridgehead atoms. The lowest BCUT2D eigenvalue weighted by molar-refractivity contribution is 0.0303. The van der Waals surface area contributed by atoms with Gasteiger partial charge in [-0.3, -0.25) is 4.79 Å². The zero-order valence-corrected chi connectivity index (χ0v) is 12.0. The predicted molar refractivity (Wildman–Crippen MR) is 79.1 cm³/mol. The first-order chi connectivity index (χ1) is 9.74. The first-order valence-corrected chi connectivity index (χ1v) is 7.45. The maximum Gasteiger partial charge on any atom is 0.254 e. The Balaban J connectivity index is 1.66. The van der Waals surface area contributed by atoms with Crippen molar-refractivity contribution in [3.63, 3.8) is 0 Å². The van der Waals surface area contributed by atoms with Crippen LogP contribution in [-0.2, 0) is 4.74 Å². The van der Waals surface area contributed by atoms with E-state index in [1.54, 1.807) is 0 Å². The largest absolute Gasteiger partial charge is 0.385 e. The average Bonchev–Trinajstić information content (AvgIpc) is 3.30. The number of nitrogens with one attached hydrogen (secondary N) is 1. The van der Waals surface area contributed by atoms with Crippen molar-refractivity contribution in [2.75, 3.05) is 38.2 Å². The molecule has 0 spiro atoms. The van der Waals surface area contributed by atoms with Crippen LogP contribution in [0.2, 0.25) is 0 Å². The van der Waals surface area contributed by atoms with Crippen molar-refractivity contribution in [2.24, 2.45) is 5.92 Å². The lowest BCUT2D eigenvalue weighted by Crippen LogP contribution is -2.40. The molecule has 20 heavy (non-hydrogen) atoms. The van der Waals surface area contributed by atoms with Gasteiger partial charge in [-0.1, -0.05) is 0 Å². The van der Waals surface area contributed by atoms with E-state index in [1.807, 2.05) is 23.1 Å². The molecule has 4 nitrogen and oxygen atoms in total. The number of aryl methyl sites for hydroxylation is 1. The normalized spacial score (nSPS) is 18.9. The second kappa shape index (κ2) is 5.83. The number of nitrogens with zero attached hydrogens (tertiary/aromatic N) is 1. The summed E-state index contributed by atoms with van der Waals surface area (Å²) >= 11 is 0. The molecule has 1 aliphatic carbocycles. The van der Waals surface area contributed by atoms with E-state index in [2.05, 4.69) is 12.2 Å². The van der Waals surface area contributed by atoms with E-state index in [1.165, 1.54) is 12.8 Å². The zero-order valence-electron chi connectivity index (χ0n) is 12.0. The SMILES string of the molecule is Cc1cc(C(=O)N2CCOCC2)ccc1NCC1CC1. The highest BCUT2D eigenvalue weighted by molar-refractivity contribution is 5.95. The topological polar surface area (TPSA) is 41.6 Å². The van der Waals surface area contributed by atoms with Gasteiger partial charge in [0.2, 0.25) is 0 Å². The average molecular weight is 274 g/mol. The molecule has 0 aromatic heterocycles. The van der Waals surface area contributed by atoms with Crippen molar-refractivity contribution in [1.82, 2.24) is 4.90 Å². The van der Waals surface area contributed by atoms with Crippen LogP contribution in [0.15, 0.2) is 18.2 Å². The van der Waals surface area contributed by atoms with Crippen LogP contribution in [0.1, 0.15) is 28.8 Å². The molecule has 2 aliphatic rings. The first kappa shape index (κ1) is 13.4. The smallest absolute Gasteiger partial charge is 0.254 e. The van der Waals surface area contributed by atoms with Gasteiger partial charge in [0.05, 0.1) is 13.2 Å². The third-order valence-corrected chi connectivity index (χ3v) is 4.05. The van der Waals surface area contributed by atoms with Crippen LogP contribution in [0, 0.1) is 12.8 Å². The quantitative estimate of drug-likeness (QED) is 0.916. The van der Waals surface area contributed by atoms with E-state index < -0.39 is 0 Å². The Kier molecular flexibility index (Phi) is 3.92. The van der Waals surface area contributed by atoms with Gasteiger partial charge in [0.15, 0.2) is 0 Å². The molecule has 1 N–H and O–H groups in total. The third kappa shape index (κ3) is 3.12. The van der Waals surface area contributed by atoms with Gasteiger partial charge in [0.25, 0.3) is 5.91 Å².